The fourth-order valence-corrected chi connectivity index (χ4v) is 0.851. The molecule has 0 atom stereocenters. The first-order valence-corrected chi connectivity index (χ1v) is 3.60. The maximum atomic E-state index is 5.39. The molecular weight excluding hydrogens is 279 g/mol. The first-order chi connectivity index (χ1) is 5.74. The van der Waals surface area contributed by atoms with E-state index in [9.17, 15) is 0 Å². The molecule has 0 unspecified atom stereocenters. The Labute approximate surface area is 94.4 Å². The molecule has 0 saturated heterocycles. The van der Waals surface area contributed by atoms with E-state index in [4.69, 9.17) is 11.6 Å². The topological polar surface area (TPSA) is 76.4 Å². The van der Waals surface area contributed by atoms with E-state index < -0.39 is 0 Å². The molecule has 0 saturated carbocycles. The minimum absolute atomic E-state index is 0. The summed E-state index contributed by atoms with van der Waals surface area (Å²) in [6.45, 7) is 1.96. The summed E-state index contributed by atoms with van der Waals surface area (Å²) in [5, 5.41) is 0. The van der Waals surface area contributed by atoms with E-state index >= 15 is 0 Å². The molecule has 5 N–H and O–H groups in total. The normalized spacial score (nSPS) is 10.5. The zero-order valence-corrected chi connectivity index (χ0v) is 9.65. The molecule has 0 aliphatic carbocycles. The van der Waals surface area contributed by atoms with Crippen LogP contribution in [0, 0.1) is 6.92 Å². The predicted octanol–water partition coefficient (Wildman–Crippen LogP) is 1.02. The van der Waals surface area contributed by atoms with Gasteiger partial charge in [-0.3, -0.25) is 5.43 Å². The summed E-state index contributed by atoms with van der Waals surface area (Å²) < 4.78 is 0. The van der Waals surface area contributed by atoms with E-state index in [1.807, 2.05) is 31.2 Å². The minimum atomic E-state index is 0. The summed E-state index contributed by atoms with van der Waals surface area (Å²) in [7, 11) is 0. The van der Waals surface area contributed by atoms with Gasteiger partial charge in [0.25, 0.3) is 0 Å². The van der Waals surface area contributed by atoms with Gasteiger partial charge in [-0.25, -0.2) is 10.8 Å². The van der Waals surface area contributed by atoms with Crippen LogP contribution in [0.3, 0.4) is 0 Å². The summed E-state index contributed by atoms with van der Waals surface area (Å²) in [6.07, 6.45) is 0. The van der Waals surface area contributed by atoms with E-state index in [0.717, 1.165) is 11.3 Å². The molecule has 13 heavy (non-hydrogen) atoms. The standard InChI is InChI=1S/C8H12N4.HI/c1-6-4-2-3-5-7(6)11-8(9)12-10;/h2-5H,10H2,1H3,(H3,9,11,12);1H. The molecule has 0 amide bonds. The fraction of sp³-hybridized carbons (Fsp3) is 0.125. The van der Waals surface area contributed by atoms with Gasteiger partial charge in [-0.2, -0.15) is 0 Å². The van der Waals surface area contributed by atoms with Gasteiger partial charge in [0.05, 0.1) is 5.69 Å². The number of nitrogens with two attached hydrogens (primary N) is 2. The van der Waals surface area contributed by atoms with Crippen LogP contribution in [0.4, 0.5) is 5.69 Å². The summed E-state index contributed by atoms with van der Waals surface area (Å²) in [6, 6.07) is 7.68. The van der Waals surface area contributed by atoms with Crippen molar-refractivity contribution in [3.8, 4) is 0 Å². The van der Waals surface area contributed by atoms with Crippen LogP contribution in [0.2, 0.25) is 0 Å². The van der Waals surface area contributed by atoms with Crippen molar-refractivity contribution in [3.05, 3.63) is 29.8 Å². The van der Waals surface area contributed by atoms with E-state index in [-0.39, 0.29) is 29.9 Å². The summed E-state index contributed by atoms with van der Waals surface area (Å²) in [5.41, 5.74) is 9.55. The van der Waals surface area contributed by atoms with Gasteiger partial charge in [-0.1, -0.05) is 18.2 Å². The molecule has 1 aromatic carbocycles. The number of benzene rings is 1. The molecule has 0 radical (unpaired) electrons. The highest BCUT2D eigenvalue weighted by Crippen LogP contribution is 2.16. The monoisotopic (exact) mass is 292 g/mol. The third kappa shape index (κ3) is 3.60. The molecule has 0 aliphatic rings. The first-order valence-electron chi connectivity index (χ1n) is 3.60. The third-order valence-corrected chi connectivity index (χ3v) is 1.50. The predicted molar refractivity (Wildman–Crippen MR) is 65.2 cm³/mol. The molecule has 1 aromatic rings. The number of rotatable bonds is 1. The van der Waals surface area contributed by atoms with Crippen molar-refractivity contribution in [2.75, 3.05) is 0 Å². The first kappa shape index (κ1) is 12.2. The third-order valence-electron chi connectivity index (χ3n) is 1.50. The Hall–Kier alpha value is -0.820. The van der Waals surface area contributed by atoms with Crippen LogP contribution < -0.4 is 17.0 Å². The van der Waals surface area contributed by atoms with Crippen molar-refractivity contribution in [3.63, 3.8) is 0 Å². The van der Waals surface area contributed by atoms with Gasteiger partial charge in [0.15, 0.2) is 0 Å². The van der Waals surface area contributed by atoms with Crippen molar-refractivity contribution < 1.29 is 0 Å². The van der Waals surface area contributed by atoms with Crippen molar-refractivity contribution in [2.45, 2.75) is 6.92 Å². The lowest BCUT2D eigenvalue weighted by atomic mass is 10.2. The van der Waals surface area contributed by atoms with Crippen molar-refractivity contribution in [2.24, 2.45) is 16.6 Å². The molecule has 5 heteroatoms. The Morgan fingerprint density at radius 3 is 2.54 bits per heavy atom. The number of hydrogen-bond donors (Lipinski definition) is 3. The molecule has 4 nitrogen and oxygen atoms in total. The van der Waals surface area contributed by atoms with Gasteiger partial charge in [0.2, 0.25) is 5.96 Å². The van der Waals surface area contributed by atoms with Crippen molar-refractivity contribution in [1.29, 1.82) is 0 Å². The quantitative estimate of drug-likeness (QED) is 0.238. The molecule has 0 bridgehead atoms. The van der Waals surface area contributed by atoms with Gasteiger partial charge >= 0.3 is 0 Å². The van der Waals surface area contributed by atoms with Crippen LogP contribution in [-0.2, 0) is 0 Å². The lowest BCUT2D eigenvalue weighted by Crippen LogP contribution is -2.36. The van der Waals surface area contributed by atoms with Gasteiger partial charge in [0.1, 0.15) is 0 Å². The average Bonchev–Trinajstić information content (AvgIpc) is 2.09. The highest BCUT2D eigenvalue weighted by atomic mass is 127. The largest absolute Gasteiger partial charge is 0.369 e. The maximum Gasteiger partial charge on any atom is 0.208 e. The van der Waals surface area contributed by atoms with Crippen LogP contribution in [0.5, 0.6) is 0 Å². The van der Waals surface area contributed by atoms with Gasteiger partial charge in [-0.15, -0.1) is 24.0 Å². The molecule has 72 valence electrons. The van der Waals surface area contributed by atoms with E-state index in [0.29, 0.717) is 0 Å². The number of aliphatic imine (C=N–C) groups is 1. The zero-order chi connectivity index (χ0) is 8.97. The SMILES string of the molecule is Cc1ccccc1N=C(N)NN.I. The highest BCUT2D eigenvalue weighted by Gasteiger charge is 1.93. The smallest absolute Gasteiger partial charge is 0.208 e. The number of nitrogens with one attached hydrogen (secondary N) is 1. The van der Waals surface area contributed by atoms with Gasteiger partial charge in [0, 0.05) is 0 Å². The van der Waals surface area contributed by atoms with E-state index in [1.165, 1.54) is 0 Å². The maximum absolute atomic E-state index is 5.39. The van der Waals surface area contributed by atoms with Gasteiger partial charge < -0.3 is 5.73 Å². The lowest BCUT2D eigenvalue weighted by molar-refractivity contribution is 1.01. The number of hydrazine groups is 1. The molecule has 0 fully saturated rings. The Bertz CT molecular complexity index is 298. The number of aryl methyl sites for hydroxylation is 1. The molecule has 0 aliphatic heterocycles. The highest BCUT2D eigenvalue weighted by molar-refractivity contribution is 14.0. The van der Waals surface area contributed by atoms with Gasteiger partial charge in [-0.05, 0) is 18.6 Å². The fourth-order valence-electron chi connectivity index (χ4n) is 0.851. The van der Waals surface area contributed by atoms with E-state index in [1.54, 1.807) is 0 Å². The molecule has 0 spiro atoms. The molecule has 1 rings (SSSR count). The second kappa shape index (κ2) is 5.76. The second-order valence-electron chi connectivity index (χ2n) is 2.43. The molecule has 0 heterocycles. The average molecular weight is 292 g/mol. The van der Waals surface area contributed by atoms with Crippen LogP contribution >= 0.6 is 24.0 Å². The van der Waals surface area contributed by atoms with Crippen LogP contribution in [0.1, 0.15) is 5.56 Å². The summed E-state index contributed by atoms with van der Waals surface area (Å²) >= 11 is 0. The minimum Gasteiger partial charge on any atom is -0.369 e. The van der Waals surface area contributed by atoms with Crippen LogP contribution in [0.15, 0.2) is 29.3 Å². The summed E-state index contributed by atoms with van der Waals surface area (Å²) in [4.78, 5) is 4.04. The number of halogens is 1. The zero-order valence-electron chi connectivity index (χ0n) is 7.32. The van der Waals surface area contributed by atoms with Crippen molar-refractivity contribution in [1.82, 2.24) is 5.43 Å². The van der Waals surface area contributed by atoms with E-state index in [2.05, 4.69) is 10.4 Å². The number of guanidine groups is 1. The Kier molecular flexibility index (Phi) is 5.40. The lowest BCUT2D eigenvalue weighted by Gasteiger charge is -2.00. The Morgan fingerprint density at radius 1 is 1.38 bits per heavy atom. The second-order valence-corrected chi connectivity index (χ2v) is 2.43. The Balaban J connectivity index is 0.00000144. The number of hydrogen-bond acceptors (Lipinski definition) is 2. The molecular formula is C8H13IN4. The number of para-hydroxylation sites is 1. The van der Waals surface area contributed by atoms with Crippen molar-refractivity contribution >= 4 is 35.6 Å². The van der Waals surface area contributed by atoms with Crippen LogP contribution in [-0.4, -0.2) is 5.96 Å². The number of nitrogens with zero attached hydrogens (tertiary/aromatic N) is 1. The Morgan fingerprint density at radius 2 is 2.00 bits per heavy atom. The summed E-state index contributed by atoms with van der Waals surface area (Å²) in [5.74, 6) is 5.28. The molecule has 0 aromatic heterocycles. The van der Waals surface area contributed by atoms with Crippen LogP contribution in [0.25, 0.3) is 0 Å².